The Balaban J connectivity index is 1.54. The van der Waals surface area contributed by atoms with Crippen molar-refractivity contribution < 1.29 is 19.1 Å². The molecule has 0 saturated carbocycles. The van der Waals surface area contributed by atoms with E-state index in [9.17, 15) is 9.59 Å². The van der Waals surface area contributed by atoms with Crippen LogP contribution < -0.4 is 20.1 Å². The summed E-state index contributed by atoms with van der Waals surface area (Å²) in [6.07, 6.45) is -0.0198. The Hall–Kier alpha value is -3.81. The Morgan fingerprint density at radius 2 is 1.67 bits per heavy atom. The SMILES string of the molecule is COc1ccc(NC(=O)CC2C(=O)Nc3c(-c4ccc(OC)cc4)c(C)nn32)cc1. The van der Waals surface area contributed by atoms with Crippen LogP contribution in [0.3, 0.4) is 0 Å². The highest BCUT2D eigenvalue weighted by atomic mass is 16.5. The minimum atomic E-state index is -0.705. The second-order valence-electron chi connectivity index (χ2n) is 6.97. The van der Waals surface area contributed by atoms with Crippen LogP contribution in [0.25, 0.3) is 11.1 Å². The lowest BCUT2D eigenvalue weighted by molar-refractivity contribution is -0.123. The number of benzene rings is 2. The molecule has 0 bridgehead atoms. The molecule has 0 aliphatic carbocycles. The quantitative estimate of drug-likeness (QED) is 0.654. The molecular weight excluding hydrogens is 384 g/mol. The molecule has 1 aliphatic heterocycles. The first-order valence-electron chi connectivity index (χ1n) is 9.48. The van der Waals surface area contributed by atoms with Gasteiger partial charge in [0.25, 0.3) is 5.91 Å². The normalized spacial score (nSPS) is 14.8. The maximum atomic E-state index is 12.6. The van der Waals surface area contributed by atoms with Crippen molar-refractivity contribution in [2.75, 3.05) is 24.9 Å². The maximum Gasteiger partial charge on any atom is 0.251 e. The fourth-order valence-corrected chi connectivity index (χ4v) is 3.55. The van der Waals surface area contributed by atoms with E-state index >= 15 is 0 Å². The average molecular weight is 406 g/mol. The van der Waals surface area contributed by atoms with Gasteiger partial charge in [-0.25, -0.2) is 4.68 Å². The molecule has 30 heavy (non-hydrogen) atoms. The molecule has 8 nitrogen and oxygen atoms in total. The van der Waals surface area contributed by atoms with E-state index in [0.717, 1.165) is 22.6 Å². The van der Waals surface area contributed by atoms with Gasteiger partial charge < -0.3 is 20.1 Å². The number of anilines is 2. The molecule has 8 heteroatoms. The van der Waals surface area contributed by atoms with Crippen LogP contribution in [-0.4, -0.2) is 35.8 Å². The van der Waals surface area contributed by atoms with Crippen LogP contribution in [0, 0.1) is 6.92 Å². The van der Waals surface area contributed by atoms with E-state index in [0.29, 0.717) is 17.3 Å². The molecule has 2 N–H and O–H groups in total. The van der Waals surface area contributed by atoms with Gasteiger partial charge in [-0.1, -0.05) is 12.1 Å². The maximum absolute atomic E-state index is 12.6. The summed E-state index contributed by atoms with van der Waals surface area (Å²) in [5, 5.41) is 10.2. The van der Waals surface area contributed by atoms with Crippen molar-refractivity contribution in [1.82, 2.24) is 9.78 Å². The molecule has 2 amide bonds. The highest BCUT2D eigenvalue weighted by Gasteiger charge is 2.36. The number of rotatable bonds is 6. The van der Waals surface area contributed by atoms with E-state index in [1.54, 1.807) is 43.2 Å². The van der Waals surface area contributed by atoms with Gasteiger partial charge >= 0.3 is 0 Å². The van der Waals surface area contributed by atoms with Crippen LogP contribution in [0.1, 0.15) is 18.2 Å². The largest absolute Gasteiger partial charge is 0.497 e. The van der Waals surface area contributed by atoms with Gasteiger partial charge in [0.2, 0.25) is 5.91 Å². The molecule has 3 aromatic rings. The first-order chi connectivity index (χ1) is 14.5. The monoisotopic (exact) mass is 406 g/mol. The summed E-state index contributed by atoms with van der Waals surface area (Å²) in [7, 11) is 3.19. The van der Waals surface area contributed by atoms with Crippen molar-refractivity contribution in [3.63, 3.8) is 0 Å². The number of nitrogens with one attached hydrogen (secondary N) is 2. The van der Waals surface area contributed by atoms with Crippen molar-refractivity contribution in [2.24, 2.45) is 0 Å². The minimum absolute atomic E-state index is 0.0198. The summed E-state index contributed by atoms with van der Waals surface area (Å²) in [6.45, 7) is 1.88. The van der Waals surface area contributed by atoms with E-state index in [-0.39, 0.29) is 18.2 Å². The van der Waals surface area contributed by atoms with Crippen LogP contribution in [0.2, 0.25) is 0 Å². The summed E-state index contributed by atoms with van der Waals surface area (Å²) >= 11 is 0. The number of amides is 2. The highest BCUT2D eigenvalue weighted by Crippen LogP contribution is 2.38. The molecule has 4 rings (SSSR count). The van der Waals surface area contributed by atoms with Crippen LogP contribution in [0.4, 0.5) is 11.5 Å². The second-order valence-corrected chi connectivity index (χ2v) is 6.97. The van der Waals surface area contributed by atoms with Crippen molar-refractivity contribution in [3.05, 3.63) is 54.2 Å². The number of hydrogen-bond acceptors (Lipinski definition) is 5. The van der Waals surface area contributed by atoms with E-state index in [2.05, 4.69) is 15.7 Å². The van der Waals surface area contributed by atoms with Gasteiger partial charge in [-0.2, -0.15) is 5.10 Å². The molecular formula is C22H22N4O4. The summed E-state index contributed by atoms with van der Waals surface area (Å²) in [5.41, 5.74) is 3.16. The molecule has 2 heterocycles. The first kappa shape index (κ1) is 19.5. The van der Waals surface area contributed by atoms with Gasteiger partial charge in [-0.3, -0.25) is 9.59 Å². The Kier molecular flexibility index (Phi) is 5.14. The van der Waals surface area contributed by atoms with Crippen molar-refractivity contribution >= 4 is 23.3 Å². The number of aryl methyl sites for hydroxylation is 1. The Bertz CT molecular complexity index is 1090. The zero-order valence-corrected chi connectivity index (χ0v) is 16.9. The van der Waals surface area contributed by atoms with Crippen LogP contribution in [0.15, 0.2) is 48.5 Å². The molecule has 1 aromatic heterocycles. The second kappa shape index (κ2) is 7.90. The minimum Gasteiger partial charge on any atom is -0.497 e. The molecule has 154 valence electrons. The third-order valence-corrected chi connectivity index (χ3v) is 5.06. The molecule has 1 aliphatic rings. The number of nitrogens with zero attached hydrogens (tertiary/aromatic N) is 2. The molecule has 0 spiro atoms. The van der Waals surface area contributed by atoms with Gasteiger partial charge in [0.05, 0.1) is 26.3 Å². The predicted octanol–water partition coefficient (Wildman–Crippen LogP) is 3.40. The van der Waals surface area contributed by atoms with Gasteiger partial charge in [0.15, 0.2) is 0 Å². The predicted molar refractivity (Wildman–Crippen MR) is 113 cm³/mol. The van der Waals surface area contributed by atoms with Gasteiger partial charge in [0.1, 0.15) is 23.4 Å². The van der Waals surface area contributed by atoms with E-state index < -0.39 is 6.04 Å². The topological polar surface area (TPSA) is 94.5 Å². The van der Waals surface area contributed by atoms with Crippen LogP contribution >= 0.6 is 0 Å². The lowest BCUT2D eigenvalue weighted by atomic mass is 10.1. The lowest BCUT2D eigenvalue weighted by Gasteiger charge is -2.10. The molecule has 0 radical (unpaired) electrons. The number of fused-ring (bicyclic) bond motifs is 1. The van der Waals surface area contributed by atoms with Gasteiger partial charge in [-0.15, -0.1) is 0 Å². The van der Waals surface area contributed by atoms with Crippen LogP contribution in [-0.2, 0) is 9.59 Å². The van der Waals surface area contributed by atoms with E-state index in [1.165, 1.54) is 0 Å². The van der Waals surface area contributed by atoms with Crippen LogP contribution in [0.5, 0.6) is 11.5 Å². The zero-order valence-electron chi connectivity index (χ0n) is 16.9. The number of hydrogen-bond donors (Lipinski definition) is 2. The van der Waals surface area contributed by atoms with Crippen molar-refractivity contribution in [1.29, 1.82) is 0 Å². The summed E-state index contributed by atoms with van der Waals surface area (Å²) in [4.78, 5) is 25.1. The third kappa shape index (κ3) is 3.59. The average Bonchev–Trinajstić information content (AvgIpc) is 3.22. The van der Waals surface area contributed by atoms with Gasteiger partial charge in [-0.05, 0) is 48.9 Å². The number of carbonyl (C=O) groups is 2. The fourth-order valence-electron chi connectivity index (χ4n) is 3.55. The standard InChI is InChI=1S/C22H22N4O4/c1-13-20(14-4-8-16(29-2)9-5-14)21-24-22(28)18(26(21)25-13)12-19(27)23-15-6-10-17(30-3)11-7-15/h4-11,18H,12H2,1-3H3,(H,23,27)(H,24,28). The summed E-state index contributed by atoms with van der Waals surface area (Å²) in [5.74, 6) is 1.53. The van der Waals surface area contributed by atoms with Gasteiger partial charge in [0, 0.05) is 11.3 Å². The summed E-state index contributed by atoms with van der Waals surface area (Å²) < 4.78 is 11.9. The Labute approximate surface area is 173 Å². The molecule has 1 unspecified atom stereocenters. The first-order valence-corrected chi connectivity index (χ1v) is 9.48. The number of methoxy groups -OCH3 is 2. The molecule has 2 aromatic carbocycles. The highest BCUT2D eigenvalue weighted by molar-refractivity contribution is 6.04. The Morgan fingerprint density at radius 3 is 2.27 bits per heavy atom. The Morgan fingerprint density at radius 1 is 1.07 bits per heavy atom. The number of aromatic nitrogens is 2. The molecule has 1 atom stereocenters. The van der Waals surface area contributed by atoms with E-state index in [1.807, 2.05) is 31.2 Å². The van der Waals surface area contributed by atoms with Crippen molar-refractivity contribution in [2.45, 2.75) is 19.4 Å². The number of ether oxygens (including phenoxy) is 2. The fraction of sp³-hybridized carbons (Fsp3) is 0.227. The summed E-state index contributed by atoms with van der Waals surface area (Å²) in [6, 6.07) is 13.9. The van der Waals surface area contributed by atoms with E-state index in [4.69, 9.17) is 9.47 Å². The lowest BCUT2D eigenvalue weighted by Crippen LogP contribution is -2.23. The molecule has 0 saturated heterocycles. The molecule has 0 fully saturated rings. The number of carbonyl (C=O) groups excluding carboxylic acids is 2. The third-order valence-electron chi connectivity index (χ3n) is 5.06. The zero-order chi connectivity index (χ0) is 21.3. The smallest absolute Gasteiger partial charge is 0.251 e. The van der Waals surface area contributed by atoms with Crippen molar-refractivity contribution in [3.8, 4) is 22.6 Å².